The molecule has 1 saturated carbocycles. The average Bonchev–Trinajstić information content (AvgIpc) is 2.39. The van der Waals surface area contributed by atoms with Crippen LogP contribution in [0, 0.1) is 0 Å². The maximum Gasteiger partial charge on any atom is 0.226 e. The zero-order chi connectivity index (χ0) is 13.0. The monoisotopic (exact) mass is 251 g/mol. The van der Waals surface area contributed by atoms with Gasteiger partial charge in [-0.15, -0.1) is 0 Å². The quantitative estimate of drug-likeness (QED) is 0.783. The summed E-state index contributed by atoms with van der Waals surface area (Å²) in [5.41, 5.74) is 1.29. The molecule has 1 fully saturated rings. The molecule has 1 N–H and O–H groups in total. The maximum atomic E-state index is 12.2. The van der Waals surface area contributed by atoms with Gasteiger partial charge in [0, 0.05) is 13.5 Å². The van der Waals surface area contributed by atoms with E-state index in [1.54, 1.807) is 4.90 Å². The number of amides is 1. The van der Waals surface area contributed by atoms with Gasteiger partial charge in [-0.05, 0) is 38.5 Å². The molecular weight excluding hydrogens is 226 g/mol. The van der Waals surface area contributed by atoms with Gasteiger partial charge >= 0.3 is 0 Å². The first kappa shape index (κ1) is 13.6. The molecule has 2 unspecified atom stereocenters. The second kappa shape index (κ2) is 6.37. The number of hydrogen-bond acceptors (Lipinski definition) is 2. The summed E-state index contributed by atoms with van der Waals surface area (Å²) in [6, 6.07) is 0.0374. The van der Waals surface area contributed by atoms with E-state index in [2.05, 4.69) is 6.08 Å². The highest BCUT2D eigenvalue weighted by Crippen LogP contribution is 2.25. The van der Waals surface area contributed by atoms with Crippen molar-refractivity contribution in [2.75, 3.05) is 7.05 Å². The lowest BCUT2D eigenvalue weighted by molar-refractivity contribution is -0.134. The molecule has 3 nitrogen and oxygen atoms in total. The van der Waals surface area contributed by atoms with Crippen LogP contribution in [-0.4, -0.2) is 35.1 Å². The van der Waals surface area contributed by atoms with Gasteiger partial charge in [0.05, 0.1) is 12.1 Å². The molecule has 3 heteroatoms. The minimum atomic E-state index is -0.326. The Kier molecular flexibility index (Phi) is 4.81. The molecule has 0 heterocycles. The van der Waals surface area contributed by atoms with Crippen LogP contribution in [0.15, 0.2) is 11.6 Å². The first-order valence-corrected chi connectivity index (χ1v) is 7.30. The van der Waals surface area contributed by atoms with Crippen LogP contribution in [0.4, 0.5) is 0 Å². The van der Waals surface area contributed by atoms with E-state index in [0.29, 0.717) is 6.42 Å². The van der Waals surface area contributed by atoms with Gasteiger partial charge in [0.2, 0.25) is 5.91 Å². The molecule has 0 aliphatic heterocycles. The molecule has 102 valence electrons. The lowest BCUT2D eigenvalue weighted by Gasteiger charge is -2.35. The smallest absolute Gasteiger partial charge is 0.226 e. The molecule has 0 radical (unpaired) electrons. The molecule has 0 aromatic carbocycles. The predicted octanol–water partition coefficient (Wildman–Crippen LogP) is 2.64. The van der Waals surface area contributed by atoms with Crippen molar-refractivity contribution in [3.63, 3.8) is 0 Å². The fourth-order valence-corrected chi connectivity index (χ4v) is 3.11. The number of aliphatic hydroxyl groups is 1. The number of allylic oxidation sites excluding steroid dienone is 1. The highest BCUT2D eigenvalue weighted by molar-refractivity contribution is 5.78. The molecule has 2 atom stereocenters. The summed E-state index contributed by atoms with van der Waals surface area (Å²) in [5, 5.41) is 9.99. The number of hydrogen-bond donors (Lipinski definition) is 1. The summed E-state index contributed by atoms with van der Waals surface area (Å²) < 4.78 is 0. The molecule has 2 aliphatic carbocycles. The van der Waals surface area contributed by atoms with Gasteiger partial charge in [0.25, 0.3) is 0 Å². The van der Waals surface area contributed by atoms with Gasteiger partial charge in [0.1, 0.15) is 0 Å². The molecule has 18 heavy (non-hydrogen) atoms. The Hall–Kier alpha value is -0.830. The van der Waals surface area contributed by atoms with Crippen LogP contribution in [0.2, 0.25) is 0 Å². The van der Waals surface area contributed by atoms with E-state index in [1.807, 2.05) is 7.05 Å². The lowest BCUT2D eigenvalue weighted by atomic mass is 9.91. The van der Waals surface area contributed by atoms with Crippen LogP contribution >= 0.6 is 0 Å². The van der Waals surface area contributed by atoms with E-state index in [1.165, 1.54) is 18.4 Å². The fraction of sp³-hybridized carbons (Fsp3) is 0.800. The molecule has 0 spiro atoms. The Morgan fingerprint density at radius 3 is 2.78 bits per heavy atom. The van der Waals surface area contributed by atoms with Crippen molar-refractivity contribution in [3.05, 3.63) is 11.6 Å². The van der Waals surface area contributed by atoms with E-state index in [-0.39, 0.29) is 18.1 Å². The summed E-state index contributed by atoms with van der Waals surface area (Å²) in [5.74, 6) is 0.175. The Morgan fingerprint density at radius 1 is 1.33 bits per heavy atom. The summed E-state index contributed by atoms with van der Waals surface area (Å²) in [7, 11) is 1.85. The Balaban J connectivity index is 1.89. The van der Waals surface area contributed by atoms with Crippen molar-refractivity contribution in [1.82, 2.24) is 4.90 Å². The minimum Gasteiger partial charge on any atom is -0.391 e. The lowest BCUT2D eigenvalue weighted by Crippen LogP contribution is -2.46. The molecule has 2 aliphatic rings. The predicted molar refractivity (Wildman–Crippen MR) is 72.2 cm³/mol. The van der Waals surface area contributed by atoms with Crippen LogP contribution in [0.25, 0.3) is 0 Å². The molecule has 0 bridgehead atoms. The number of carbonyl (C=O) groups is 1. The van der Waals surface area contributed by atoms with Crippen molar-refractivity contribution in [3.8, 4) is 0 Å². The largest absolute Gasteiger partial charge is 0.391 e. The van der Waals surface area contributed by atoms with Gasteiger partial charge in [-0.25, -0.2) is 0 Å². The highest BCUT2D eigenvalue weighted by atomic mass is 16.3. The maximum absolute atomic E-state index is 12.2. The summed E-state index contributed by atoms with van der Waals surface area (Å²) in [4.78, 5) is 14.0. The normalized spacial score (nSPS) is 28.7. The van der Waals surface area contributed by atoms with E-state index in [9.17, 15) is 9.90 Å². The second-order valence-electron chi connectivity index (χ2n) is 5.71. The van der Waals surface area contributed by atoms with Gasteiger partial charge in [0.15, 0.2) is 0 Å². The average molecular weight is 251 g/mol. The van der Waals surface area contributed by atoms with Crippen LogP contribution in [0.5, 0.6) is 0 Å². The molecule has 2 rings (SSSR count). The zero-order valence-corrected chi connectivity index (χ0v) is 11.4. The van der Waals surface area contributed by atoms with Crippen LogP contribution in [0.1, 0.15) is 57.8 Å². The van der Waals surface area contributed by atoms with Gasteiger partial charge in [-0.1, -0.05) is 24.5 Å². The van der Waals surface area contributed by atoms with Crippen LogP contribution in [-0.2, 0) is 4.79 Å². The highest BCUT2D eigenvalue weighted by Gasteiger charge is 2.29. The van der Waals surface area contributed by atoms with Crippen molar-refractivity contribution < 1.29 is 9.90 Å². The third-order valence-corrected chi connectivity index (χ3v) is 4.35. The fourth-order valence-electron chi connectivity index (χ4n) is 3.11. The number of aliphatic hydroxyl groups excluding tert-OH is 1. The number of carbonyl (C=O) groups excluding carboxylic acids is 1. The molecule has 0 aromatic heterocycles. The third-order valence-electron chi connectivity index (χ3n) is 4.35. The molecule has 0 aromatic rings. The van der Waals surface area contributed by atoms with Crippen molar-refractivity contribution in [2.45, 2.75) is 69.9 Å². The van der Waals surface area contributed by atoms with Crippen LogP contribution in [0.3, 0.4) is 0 Å². The van der Waals surface area contributed by atoms with E-state index in [0.717, 1.165) is 38.5 Å². The van der Waals surface area contributed by atoms with Crippen molar-refractivity contribution >= 4 is 5.91 Å². The summed E-state index contributed by atoms with van der Waals surface area (Å²) >= 11 is 0. The van der Waals surface area contributed by atoms with Crippen molar-refractivity contribution in [1.29, 1.82) is 0 Å². The molecular formula is C15H25NO2. The Labute approximate surface area is 110 Å². The standard InChI is InChI=1S/C15H25NO2/c1-16(13-9-5-6-10-14(13)17)15(18)11-12-7-3-2-4-8-12/h7,13-14,17H,2-6,8-11H2,1H3. The number of rotatable bonds is 3. The third kappa shape index (κ3) is 3.35. The van der Waals surface area contributed by atoms with E-state index < -0.39 is 0 Å². The SMILES string of the molecule is CN(C(=O)CC1=CCCCC1)C1CCCCC1O. The zero-order valence-electron chi connectivity index (χ0n) is 11.4. The topological polar surface area (TPSA) is 40.5 Å². The van der Waals surface area contributed by atoms with E-state index in [4.69, 9.17) is 0 Å². The number of nitrogens with zero attached hydrogens (tertiary/aromatic N) is 1. The molecule has 1 amide bonds. The Morgan fingerprint density at radius 2 is 2.11 bits per heavy atom. The second-order valence-corrected chi connectivity index (χ2v) is 5.71. The van der Waals surface area contributed by atoms with Crippen LogP contribution < -0.4 is 0 Å². The van der Waals surface area contributed by atoms with E-state index >= 15 is 0 Å². The Bertz CT molecular complexity index is 324. The van der Waals surface area contributed by atoms with Gasteiger partial charge in [-0.3, -0.25) is 4.79 Å². The number of likely N-dealkylation sites (N-methyl/N-ethyl adjacent to an activating group) is 1. The first-order valence-electron chi connectivity index (χ1n) is 7.30. The summed E-state index contributed by atoms with van der Waals surface area (Å²) in [6.45, 7) is 0. The van der Waals surface area contributed by atoms with Gasteiger partial charge in [-0.2, -0.15) is 0 Å². The minimum absolute atomic E-state index is 0.0374. The first-order chi connectivity index (χ1) is 8.68. The molecule has 0 saturated heterocycles. The van der Waals surface area contributed by atoms with Crippen molar-refractivity contribution in [2.24, 2.45) is 0 Å². The van der Waals surface area contributed by atoms with Gasteiger partial charge < -0.3 is 10.0 Å². The summed E-state index contributed by atoms with van der Waals surface area (Å²) in [6.07, 6.45) is 11.1.